The summed E-state index contributed by atoms with van der Waals surface area (Å²) < 4.78 is 9.72. The summed E-state index contributed by atoms with van der Waals surface area (Å²) >= 11 is 0. The molecule has 0 atom stereocenters. The largest absolute Gasteiger partial charge is 0.419 e. The fraction of sp³-hybridized carbons (Fsp3) is 0.231. The number of esters is 2. The van der Waals surface area contributed by atoms with Crippen molar-refractivity contribution < 1.29 is 28.9 Å². The Morgan fingerprint density at radius 3 is 2.20 bits per heavy atom. The standard InChI is InChI=1S/C13H12N4O8/c1-13(2)24-11(18)8(12(19)25-13)6-14-15-9-4-3-7(16(20)21)5-10(9)17(22)23/h3-6,14-15H,1-2H3. The molecule has 0 bridgehead atoms. The van der Waals surface area contributed by atoms with Crippen molar-refractivity contribution in [2.45, 2.75) is 19.6 Å². The van der Waals surface area contributed by atoms with E-state index in [9.17, 15) is 29.8 Å². The van der Waals surface area contributed by atoms with Crippen molar-refractivity contribution in [3.63, 3.8) is 0 Å². The molecule has 12 nitrogen and oxygen atoms in total. The first-order valence-electron chi connectivity index (χ1n) is 6.72. The summed E-state index contributed by atoms with van der Waals surface area (Å²) in [6.07, 6.45) is 0.908. The Morgan fingerprint density at radius 1 is 1.08 bits per heavy atom. The molecule has 2 rings (SSSR count). The minimum absolute atomic E-state index is 0.120. The first kappa shape index (κ1) is 17.7. The van der Waals surface area contributed by atoms with E-state index in [4.69, 9.17) is 9.47 Å². The normalized spacial score (nSPS) is 15.7. The smallest absolute Gasteiger partial charge is 0.350 e. The second-order valence-corrected chi connectivity index (χ2v) is 5.22. The average Bonchev–Trinajstić information content (AvgIpc) is 2.48. The molecule has 0 spiro atoms. The second kappa shape index (κ2) is 6.43. The third kappa shape index (κ3) is 3.99. The van der Waals surface area contributed by atoms with E-state index < -0.39 is 44.5 Å². The third-order valence-corrected chi connectivity index (χ3v) is 2.93. The minimum Gasteiger partial charge on any atom is -0.419 e. The highest BCUT2D eigenvalue weighted by atomic mass is 16.7. The van der Waals surface area contributed by atoms with Gasteiger partial charge in [-0.15, -0.1) is 0 Å². The number of non-ortho nitro benzene ring substituents is 1. The fourth-order valence-electron chi connectivity index (χ4n) is 1.85. The molecule has 25 heavy (non-hydrogen) atoms. The van der Waals surface area contributed by atoms with Crippen molar-refractivity contribution in [2.24, 2.45) is 0 Å². The molecule has 0 unspecified atom stereocenters. The molecule has 1 fully saturated rings. The number of carbonyl (C=O) groups is 2. The Morgan fingerprint density at radius 2 is 1.68 bits per heavy atom. The molecule has 0 amide bonds. The summed E-state index contributed by atoms with van der Waals surface area (Å²) in [5.74, 6) is -3.27. The molecule has 0 aromatic heterocycles. The van der Waals surface area contributed by atoms with E-state index in [2.05, 4.69) is 10.9 Å². The molecule has 1 heterocycles. The predicted molar refractivity (Wildman–Crippen MR) is 80.9 cm³/mol. The van der Waals surface area contributed by atoms with Crippen LogP contribution in [-0.4, -0.2) is 27.6 Å². The van der Waals surface area contributed by atoms with Gasteiger partial charge in [0, 0.05) is 26.1 Å². The monoisotopic (exact) mass is 352 g/mol. The van der Waals surface area contributed by atoms with Crippen molar-refractivity contribution in [1.29, 1.82) is 0 Å². The van der Waals surface area contributed by atoms with E-state index in [1.54, 1.807) is 0 Å². The number of nitro groups is 2. The second-order valence-electron chi connectivity index (χ2n) is 5.22. The lowest BCUT2D eigenvalue weighted by atomic mass is 10.2. The summed E-state index contributed by atoms with van der Waals surface area (Å²) in [5, 5.41) is 21.7. The van der Waals surface area contributed by atoms with Crippen molar-refractivity contribution in [1.82, 2.24) is 5.43 Å². The molecule has 2 N–H and O–H groups in total. The lowest BCUT2D eigenvalue weighted by Gasteiger charge is -2.29. The number of rotatable bonds is 5. The van der Waals surface area contributed by atoms with Gasteiger partial charge in [-0.25, -0.2) is 9.59 Å². The molecule has 0 aliphatic carbocycles. The van der Waals surface area contributed by atoms with Crippen LogP contribution < -0.4 is 10.9 Å². The van der Waals surface area contributed by atoms with Crippen molar-refractivity contribution in [2.75, 3.05) is 5.43 Å². The predicted octanol–water partition coefficient (Wildman–Crippen LogP) is 1.14. The molecule has 1 aromatic carbocycles. The van der Waals surface area contributed by atoms with Crippen LogP contribution in [0.2, 0.25) is 0 Å². The number of hydrogen-bond donors (Lipinski definition) is 2. The van der Waals surface area contributed by atoms with Gasteiger partial charge in [-0.3, -0.25) is 25.7 Å². The summed E-state index contributed by atoms with van der Waals surface area (Å²) in [5.41, 5.74) is 3.06. The Bertz CT molecular complexity index is 779. The maximum Gasteiger partial charge on any atom is 0.350 e. The highest BCUT2D eigenvalue weighted by molar-refractivity contribution is 6.15. The van der Waals surface area contributed by atoms with Gasteiger partial charge in [-0.05, 0) is 6.07 Å². The van der Waals surface area contributed by atoms with Crippen LogP contribution in [0, 0.1) is 20.2 Å². The molecule has 132 valence electrons. The van der Waals surface area contributed by atoms with Crippen molar-refractivity contribution >= 4 is 29.0 Å². The first-order chi connectivity index (χ1) is 11.6. The number of nitro benzene ring substituents is 2. The van der Waals surface area contributed by atoms with Crippen molar-refractivity contribution in [3.8, 4) is 0 Å². The lowest BCUT2D eigenvalue weighted by Crippen LogP contribution is -2.42. The van der Waals surface area contributed by atoms with Crippen LogP contribution in [0.15, 0.2) is 30.0 Å². The molecule has 12 heteroatoms. The van der Waals surface area contributed by atoms with Crippen LogP contribution >= 0.6 is 0 Å². The zero-order valence-corrected chi connectivity index (χ0v) is 13.0. The molecule has 0 radical (unpaired) electrons. The summed E-state index contributed by atoms with van der Waals surface area (Å²) in [6.45, 7) is 2.76. The van der Waals surface area contributed by atoms with Crippen LogP contribution in [0.3, 0.4) is 0 Å². The lowest BCUT2D eigenvalue weighted by molar-refractivity contribution is -0.393. The molecule has 1 aromatic rings. The van der Waals surface area contributed by atoms with Gasteiger partial charge < -0.3 is 14.9 Å². The fourth-order valence-corrected chi connectivity index (χ4v) is 1.85. The summed E-state index contributed by atoms with van der Waals surface area (Å²) in [6, 6.07) is 2.92. The highest BCUT2D eigenvalue weighted by Crippen LogP contribution is 2.28. The van der Waals surface area contributed by atoms with Gasteiger partial charge in [0.1, 0.15) is 5.69 Å². The van der Waals surface area contributed by atoms with Gasteiger partial charge in [0.2, 0.25) is 0 Å². The number of nitrogens with one attached hydrogen (secondary N) is 2. The number of ether oxygens (including phenoxy) is 2. The van der Waals surface area contributed by atoms with Gasteiger partial charge in [0.25, 0.3) is 11.5 Å². The number of carbonyl (C=O) groups excluding carboxylic acids is 2. The van der Waals surface area contributed by atoms with Crippen LogP contribution in [0.1, 0.15) is 13.8 Å². The molecule has 1 saturated heterocycles. The maximum atomic E-state index is 11.7. The van der Waals surface area contributed by atoms with Gasteiger partial charge in [0.05, 0.1) is 15.9 Å². The van der Waals surface area contributed by atoms with Crippen LogP contribution in [0.25, 0.3) is 0 Å². The van der Waals surface area contributed by atoms with E-state index in [0.717, 1.165) is 24.4 Å². The summed E-state index contributed by atoms with van der Waals surface area (Å²) in [4.78, 5) is 43.5. The first-order valence-corrected chi connectivity index (χ1v) is 6.72. The molecular weight excluding hydrogens is 340 g/mol. The average molecular weight is 352 g/mol. The molecule has 1 aliphatic rings. The van der Waals surface area contributed by atoms with Crippen molar-refractivity contribution in [3.05, 3.63) is 50.2 Å². The van der Waals surface area contributed by atoms with E-state index in [1.165, 1.54) is 13.8 Å². The molecule has 1 aliphatic heterocycles. The molecular formula is C13H12N4O8. The van der Waals surface area contributed by atoms with E-state index >= 15 is 0 Å². The topological polar surface area (TPSA) is 163 Å². The van der Waals surface area contributed by atoms with Gasteiger partial charge >= 0.3 is 17.6 Å². The number of nitrogens with zero attached hydrogens (tertiary/aromatic N) is 2. The Balaban J connectivity index is 2.16. The van der Waals surface area contributed by atoms with Gasteiger partial charge in [-0.2, -0.15) is 0 Å². The SMILES string of the molecule is CC1(C)OC(=O)C(=CNNc2ccc([N+](=O)[O-])cc2[N+](=O)[O-])C(=O)O1. The zero-order chi connectivity index (χ0) is 18.8. The highest BCUT2D eigenvalue weighted by Gasteiger charge is 2.39. The Labute approximate surface area is 139 Å². The van der Waals surface area contributed by atoms with E-state index in [-0.39, 0.29) is 5.69 Å². The number of cyclic esters (lactones) is 2. The van der Waals surface area contributed by atoms with Gasteiger partial charge in [-0.1, -0.05) is 0 Å². The Hall–Kier alpha value is -3.70. The van der Waals surface area contributed by atoms with Crippen LogP contribution in [0.5, 0.6) is 0 Å². The number of hydrogen-bond acceptors (Lipinski definition) is 10. The number of hydrazine groups is 1. The Kier molecular flexibility index (Phi) is 4.54. The maximum absolute atomic E-state index is 11.7. The zero-order valence-electron chi connectivity index (χ0n) is 13.0. The quantitative estimate of drug-likeness (QED) is 0.258. The minimum atomic E-state index is -1.39. The third-order valence-electron chi connectivity index (χ3n) is 2.93. The number of anilines is 1. The summed E-state index contributed by atoms with van der Waals surface area (Å²) in [7, 11) is 0. The molecule has 0 saturated carbocycles. The van der Waals surface area contributed by atoms with Gasteiger partial charge in [0.15, 0.2) is 5.57 Å². The number of benzene rings is 1. The van der Waals surface area contributed by atoms with E-state index in [1.807, 2.05) is 0 Å². The van der Waals surface area contributed by atoms with E-state index in [0.29, 0.717) is 0 Å². The van der Waals surface area contributed by atoms with Crippen LogP contribution in [-0.2, 0) is 19.1 Å². The van der Waals surface area contributed by atoms with Crippen LogP contribution in [0.4, 0.5) is 17.1 Å².